The first kappa shape index (κ1) is 25.9. The normalized spacial score (nSPS) is 15.0. The van der Waals surface area contributed by atoms with Crippen LogP contribution in [0.15, 0.2) is 58.7 Å². The van der Waals surface area contributed by atoms with Gasteiger partial charge in [0.2, 0.25) is 0 Å². The number of hydrogen-bond donors (Lipinski definition) is 1. The standard InChI is InChI=1S/C28H27ClN4O4S/c1-17-3-9-21-24(11-17)38-27-26(21)28(35)33(16-30-27)14-25(34)32-31-13-19-6-10-22(23(12-19)36-2)37-15-18-4-7-20(29)8-5-18/h4-8,10,12-13,16-17H,3,9,11,14-15H2,1-2H3,(H,32,34). The Hall–Kier alpha value is -3.69. The molecule has 0 saturated carbocycles. The molecule has 38 heavy (non-hydrogen) atoms. The first-order valence-electron chi connectivity index (χ1n) is 12.3. The molecule has 5 rings (SSSR count). The number of nitrogens with zero attached hydrogens (tertiary/aromatic N) is 3. The van der Waals surface area contributed by atoms with Gasteiger partial charge in [-0.25, -0.2) is 10.4 Å². The Balaban J connectivity index is 1.21. The van der Waals surface area contributed by atoms with Gasteiger partial charge >= 0.3 is 0 Å². The van der Waals surface area contributed by atoms with E-state index in [0.717, 1.165) is 35.2 Å². The van der Waals surface area contributed by atoms with Gasteiger partial charge in [-0.3, -0.25) is 14.2 Å². The topological polar surface area (TPSA) is 94.8 Å². The van der Waals surface area contributed by atoms with Crippen molar-refractivity contribution in [2.45, 2.75) is 39.3 Å². The molecule has 0 fully saturated rings. The van der Waals surface area contributed by atoms with Gasteiger partial charge in [-0.2, -0.15) is 5.10 Å². The van der Waals surface area contributed by atoms with Crippen LogP contribution in [0.1, 0.15) is 34.9 Å². The average Bonchev–Trinajstić information content (AvgIpc) is 3.28. The zero-order chi connectivity index (χ0) is 26.6. The number of ether oxygens (including phenoxy) is 2. The fraction of sp³-hybridized carbons (Fsp3) is 0.286. The minimum Gasteiger partial charge on any atom is -0.493 e. The monoisotopic (exact) mass is 550 g/mol. The summed E-state index contributed by atoms with van der Waals surface area (Å²) in [6, 6.07) is 12.8. The van der Waals surface area contributed by atoms with Gasteiger partial charge in [-0.1, -0.05) is 30.7 Å². The Kier molecular flexibility index (Phi) is 7.76. The largest absolute Gasteiger partial charge is 0.493 e. The van der Waals surface area contributed by atoms with Crippen molar-refractivity contribution in [1.82, 2.24) is 15.0 Å². The summed E-state index contributed by atoms with van der Waals surface area (Å²) in [7, 11) is 1.56. The van der Waals surface area contributed by atoms with E-state index in [4.69, 9.17) is 21.1 Å². The summed E-state index contributed by atoms with van der Waals surface area (Å²) in [6.45, 7) is 2.43. The van der Waals surface area contributed by atoms with Crippen LogP contribution in [0, 0.1) is 5.92 Å². The number of aromatic nitrogens is 2. The van der Waals surface area contributed by atoms with E-state index in [2.05, 4.69) is 22.4 Å². The van der Waals surface area contributed by atoms with Crippen LogP contribution in [0.25, 0.3) is 10.2 Å². The lowest BCUT2D eigenvalue weighted by Gasteiger charge is -2.17. The number of carbonyl (C=O) groups excluding carboxylic acids is 1. The van der Waals surface area contributed by atoms with Crippen LogP contribution in [0.5, 0.6) is 11.5 Å². The van der Waals surface area contributed by atoms with Gasteiger partial charge in [0, 0.05) is 9.90 Å². The molecule has 1 amide bonds. The van der Waals surface area contributed by atoms with E-state index < -0.39 is 5.91 Å². The quantitative estimate of drug-likeness (QED) is 0.247. The molecule has 8 nitrogen and oxygen atoms in total. The number of fused-ring (bicyclic) bond motifs is 3. The number of hydrogen-bond acceptors (Lipinski definition) is 7. The minimum atomic E-state index is -0.419. The van der Waals surface area contributed by atoms with Gasteiger partial charge in [0.05, 0.1) is 25.0 Å². The molecule has 2 aromatic heterocycles. The van der Waals surface area contributed by atoms with Gasteiger partial charge in [0.1, 0.15) is 18.0 Å². The van der Waals surface area contributed by atoms with Crippen LogP contribution < -0.4 is 20.5 Å². The number of rotatable bonds is 8. The Labute approximate surface area is 228 Å². The van der Waals surface area contributed by atoms with Gasteiger partial charge < -0.3 is 9.47 Å². The predicted molar refractivity (Wildman–Crippen MR) is 150 cm³/mol. The van der Waals surface area contributed by atoms with E-state index >= 15 is 0 Å². The summed E-state index contributed by atoms with van der Waals surface area (Å²) in [5, 5.41) is 5.36. The van der Waals surface area contributed by atoms with E-state index in [1.165, 1.54) is 22.0 Å². The minimum absolute atomic E-state index is 0.166. The lowest BCUT2D eigenvalue weighted by molar-refractivity contribution is -0.121. The highest BCUT2D eigenvalue weighted by molar-refractivity contribution is 7.18. The first-order valence-corrected chi connectivity index (χ1v) is 13.5. The highest BCUT2D eigenvalue weighted by Gasteiger charge is 2.23. The van der Waals surface area contributed by atoms with Crippen molar-refractivity contribution in [2.24, 2.45) is 11.0 Å². The van der Waals surface area contributed by atoms with Crippen LogP contribution in [0.4, 0.5) is 0 Å². The summed E-state index contributed by atoms with van der Waals surface area (Å²) in [6.07, 6.45) is 5.85. The summed E-state index contributed by atoms with van der Waals surface area (Å²) >= 11 is 7.52. The number of thiophene rings is 1. The number of methoxy groups -OCH3 is 1. The smallest absolute Gasteiger partial charge is 0.262 e. The Morgan fingerprint density at radius 3 is 2.87 bits per heavy atom. The number of carbonyl (C=O) groups is 1. The second-order valence-electron chi connectivity index (χ2n) is 9.33. The number of halogens is 1. The third-order valence-corrected chi connectivity index (χ3v) is 7.91. The molecule has 1 N–H and O–H groups in total. The molecular formula is C28H27ClN4O4S. The summed E-state index contributed by atoms with van der Waals surface area (Å²) in [5.41, 5.74) is 5.09. The van der Waals surface area contributed by atoms with E-state index in [1.807, 2.05) is 24.3 Å². The zero-order valence-electron chi connectivity index (χ0n) is 21.1. The molecule has 0 radical (unpaired) electrons. The van der Waals surface area contributed by atoms with E-state index in [0.29, 0.717) is 40.0 Å². The van der Waals surface area contributed by atoms with Gasteiger partial charge in [-0.15, -0.1) is 11.3 Å². The second-order valence-corrected chi connectivity index (χ2v) is 10.8. The number of amides is 1. The molecule has 1 aliphatic carbocycles. The van der Waals surface area contributed by atoms with Crippen molar-refractivity contribution in [3.05, 3.63) is 85.7 Å². The third kappa shape index (κ3) is 5.74. The molecule has 0 saturated heterocycles. The number of hydrazone groups is 1. The third-order valence-electron chi connectivity index (χ3n) is 6.49. The average molecular weight is 551 g/mol. The lowest BCUT2D eigenvalue weighted by Crippen LogP contribution is -2.30. The van der Waals surface area contributed by atoms with Crippen molar-refractivity contribution in [2.75, 3.05) is 7.11 Å². The molecule has 2 aromatic carbocycles. The fourth-order valence-electron chi connectivity index (χ4n) is 4.47. The molecule has 0 aliphatic heterocycles. The SMILES string of the molecule is COc1cc(C=NNC(=O)Cn2cnc3sc4c(c3c2=O)CCC(C)C4)ccc1OCc1ccc(Cl)cc1. The number of aryl methyl sites for hydroxylation is 1. The summed E-state index contributed by atoms with van der Waals surface area (Å²) < 4.78 is 12.7. The molecule has 1 unspecified atom stereocenters. The molecule has 2 heterocycles. The van der Waals surface area contributed by atoms with Crippen LogP contribution >= 0.6 is 22.9 Å². The number of nitrogens with one attached hydrogen (secondary N) is 1. The summed E-state index contributed by atoms with van der Waals surface area (Å²) in [5.74, 6) is 1.31. The predicted octanol–water partition coefficient (Wildman–Crippen LogP) is 4.97. The van der Waals surface area contributed by atoms with Crippen molar-refractivity contribution >= 4 is 45.3 Å². The zero-order valence-corrected chi connectivity index (χ0v) is 22.6. The van der Waals surface area contributed by atoms with Crippen LogP contribution in [-0.4, -0.2) is 28.8 Å². The second kappa shape index (κ2) is 11.4. The molecule has 196 valence electrons. The Bertz CT molecular complexity index is 1560. The molecule has 1 atom stereocenters. The molecule has 0 bridgehead atoms. The maximum atomic E-state index is 13.1. The Morgan fingerprint density at radius 2 is 2.08 bits per heavy atom. The van der Waals surface area contributed by atoms with Crippen LogP contribution in [0.3, 0.4) is 0 Å². The molecule has 10 heteroatoms. The van der Waals surface area contributed by atoms with E-state index in [9.17, 15) is 9.59 Å². The highest BCUT2D eigenvalue weighted by Crippen LogP contribution is 2.35. The maximum Gasteiger partial charge on any atom is 0.262 e. The fourth-order valence-corrected chi connectivity index (χ4v) is 5.94. The lowest BCUT2D eigenvalue weighted by atomic mass is 9.89. The molecule has 4 aromatic rings. The van der Waals surface area contributed by atoms with Gasteiger partial charge in [-0.05, 0) is 72.2 Å². The first-order chi connectivity index (χ1) is 18.4. The van der Waals surface area contributed by atoms with Crippen molar-refractivity contribution < 1.29 is 14.3 Å². The molecule has 0 spiro atoms. The maximum absolute atomic E-state index is 13.1. The van der Waals surface area contributed by atoms with Crippen molar-refractivity contribution in [3.8, 4) is 11.5 Å². The van der Waals surface area contributed by atoms with Crippen LogP contribution in [-0.2, 0) is 30.8 Å². The molecular weight excluding hydrogens is 524 g/mol. The molecule has 1 aliphatic rings. The van der Waals surface area contributed by atoms with Crippen molar-refractivity contribution in [3.63, 3.8) is 0 Å². The van der Waals surface area contributed by atoms with E-state index in [-0.39, 0.29) is 12.1 Å². The Morgan fingerprint density at radius 1 is 1.26 bits per heavy atom. The number of benzene rings is 2. The highest BCUT2D eigenvalue weighted by atomic mass is 35.5. The van der Waals surface area contributed by atoms with E-state index in [1.54, 1.807) is 36.6 Å². The van der Waals surface area contributed by atoms with Gasteiger partial charge in [0.25, 0.3) is 11.5 Å². The van der Waals surface area contributed by atoms with Gasteiger partial charge in [0.15, 0.2) is 11.5 Å². The summed E-state index contributed by atoms with van der Waals surface area (Å²) in [4.78, 5) is 32.1. The van der Waals surface area contributed by atoms with Crippen LogP contribution in [0.2, 0.25) is 5.02 Å². The van der Waals surface area contributed by atoms with Crippen molar-refractivity contribution in [1.29, 1.82) is 0 Å².